The average molecular weight is 427 g/mol. The second-order valence-electron chi connectivity index (χ2n) is 13.7. The standard InChI is InChI=1S/C30H50O/c1-20(2)10-9-11-21(3)23-14-17-30(8)26-15-16-27(5)22(4)24(31)12-13-25(27)28(26,6)18-19-29(23,30)7/h10,21-23,25-26H,9,11-19H2,1-8H3/t21-,22+,23?,25-,26+,27-,28+,29+,30-/m1/s1. The monoisotopic (exact) mass is 426 g/mol. The van der Waals surface area contributed by atoms with Crippen LogP contribution in [0.15, 0.2) is 11.6 Å². The minimum Gasteiger partial charge on any atom is -0.299 e. The Kier molecular flexibility index (Phi) is 5.88. The number of ketones is 1. The van der Waals surface area contributed by atoms with Gasteiger partial charge in [-0.05, 0) is 117 Å². The number of Topliss-reactive ketones (excluding diaryl/α,β-unsaturated/α-hetero) is 1. The fourth-order valence-electron chi connectivity index (χ4n) is 10.2. The zero-order chi connectivity index (χ0) is 22.8. The molecule has 1 heteroatoms. The summed E-state index contributed by atoms with van der Waals surface area (Å²) in [5, 5.41) is 0. The maximum atomic E-state index is 12.7. The van der Waals surface area contributed by atoms with E-state index in [1.165, 1.54) is 56.9 Å². The lowest BCUT2D eigenvalue weighted by atomic mass is 9.35. The van der Waals surface area contributed by atoms with Crippen molar-refractivity contribution in [3.8, 4) is 0 Å². The van der Waals surface area contributed by atoms with Crippen LogP contribution in [0.3, 0.4) is 0 Å². The predicted octanol–water partition coefficient (Wildman–Crippen LogP) is 8.62. The molecule has 4 aliphatic rings. The first-order valence-corrected chi connectivity index (χ1v) is 13.6. The predicted molar refractivity (Wildman–Crippen MR) is 132 cm³/mol. The molecule has 0 N–H and O–H groups in total. The molecule has 0 saturated heterocycles. The van der Waals surface area contributed by atoms with Gasteiger partial charge in [0.2, 0.25) is 0 Å². The van der Waals surface area contributed by atoms with Gasteiger partial charge in [0.1, 0.15) is 5.78 Å². The number of hydrogen-bond donors (Lipinski definition) is 0. The first-order valence-electron chi connectivity index (χ1n) is 13.6. The maximum Gasteiger partial charge on any atom is 0.136 e. The Morgan fingerprint density at radius 3 is 2.32 bits per heavy atom. The van der Waals surface area contributed by atoms with Crippen molar-refractivity contribution in [2.24, 2.45) is 51.2 Å². The summed E-state index contributed by atoms with van der Waals surface area (Å²) in [5.41, 5.74) is 3.09. The van der Waals surface area contributed by atoms with Gasteiger partial charge in [-0.25, -0.2) is 0 Å². The van der Waals surface area contributed by atoms with Crippen LogP contribution in [0.2, 0.25) is 0 Å². The molecule has 0 heterocycles. The first-order chi connectivity index (χ1) is 14.4. The summed E-state index contributed by atoms with van der Waals surface area (Å²) in [7, 11) is 0. The highest BCUT2D eigenvalue weighted by atomic mass is 16.1. The quantitative estimate of drug-likeness (QED) is 0.411. The summed E-state index contributed by atoms with van der Waals surface area (Å²) in [6.45, 7) is 19.8. The molecular formula is C30H50O. The van der Waals surface area contributed by atoms with Crippen molar-refractivity contribution in [2.75, 3.05) is 0 Å². The molecule has 0 aromatic rings. The first kappa shape index (κ1) is 23.6. The molecule has 31 heavy (non-hydrogen) atoms. The molecule has 0 aliphatic heterocycles. The molecule has 0 amide bonds. The zero-order valence-electron chi connectivity index (χ0n) is 21.9. The molecule has 0 bridgehead atoms. The summed E-state index contributed by atoms with van der Waals surface area (Å²) >= 11 is 0. The smallest absolute Gasteiger partial charge is 0.136 e. The van der Waals surface area contributed by atoms with Crippen molar-refractivity contribution >= 4 is 5.78 Å². The molecule has 0 radical (unpaired) electrons. The van der Waals surface area contributed by atoms with E-state index in [1.54, 1.807) is 0 Å². The lowest BCUT2D eigenvalue weighted by Crippen LogP contribution is -2.62. The third kappa shape index (κ3) is 3.25. The van der Waals surface area contributed by atoms with Crippen LogP contribution in [0.4, 0.5) is 0 Å². The highest BCUT2D eigenvalue weighted by Crippen LogP contribution is 2.76. The number of fused-ring (bicyclic) bond motifs is 5. The molecule has 0 aromatic heterocycles. The summed E-state index contributed by atoms with van der Waals surface area (Å²) in [6, 6.07) is 0. The van der Waals surface area contributed by atoms with E-state index in [0.29, 0.717) is 22.0 Å². The number of hydrogen-bond acceptors (Lipinski definition) is 1. The van der Waals surface area contributed by atoms with Crippen LogP contribution in [-0.2, 0) is 4.79 Å². The number of carbonyl (C=O) groups is 1. The van der Waals surface area contributed by atoms with Gasteiger partial charge in [-0.3, -0.25) is 4.79 Å². The fraction of sp³-hybridized carbons (Fsp3) is 0.900. The third-order valence-corrected chi connectivity index (χ3v) is 12.4. The lowest BCUT2D eigenvalue weighted by Gasteiger charge is -2.69. The Bertz CT molecular complexity index is 746. The fourth-order valence-corrected chi connectivity index (χ4v) is 10.2. The summed E-state index contributed by atoms with van der Waals surface area (Å²) in [6.07, 6.45) is 15.3. The summed E-state index contributed by atoms with van der Waals surface area (Å²) in [4.78, 5) is 12.7. The minimum absolute atomic E-state index is 0.236. The number of carbonyl (C=O) groups excluding carboxylic acids is 1. The molecule has 176 valence electrons. The molecule has 4 rings (SSSR count). The van der Waals surface area contributed by atoms with Crippen molar-refractivity contribution < 1.29 is 4.79 Å². The van der Waals surface area contributed by atoms with E-state index in [1.807, 2.05) is 0 Å². The molecule has 4 saturated carbocycles. The molecular weight excluding hydrogens is 376 g/mol. The Balaban J connectivity index is 1.61. The van der Waals surface area contributed by atoms with Gasteiger partial charge in [0.25, 0.3) is 0 Å². The van der Waals surface area contributed by atoms with Gasteiger partial charge in [-0.1, -0.05) is 53.2 Å². The van der Waals surface area contributed by atoms with E-state index in [9.17, 15) is 4.79 Å². The van der Waals surface area contributed by atoms with Crippen molar-refractivity contribution in [1.82, 2.24) is 0 Å². The normalized spacial score (nSPS) is 50.3. The Morgan fingerprint density at radius 2 is 1.65 bits per heavy atom. The minimum atomic E-state index is 0.236. The summed E-state index contributed by atoms with van der Waals surface area (Å²) < 4.78 is 0. The van der Waals surface area contributed by atoms with Crippen molar-refractivity contribution in [1.29, 1.82) is 0 Å². The second kappa shape index (κ2) is 7.73. The van der Waals surface area contributed by atoms with E-state index < -0.39 is 0 Å². The van der Waals surface area contributed by atoms with Gasteiger partial charge in [0.05, 0.1) is 0 Å². The lowest BCUT2D eigenvalue weighted by molar-refractivity contribution is -0.202. The van der Waals surface area contributed by atoms with Gasteiger partial charge < -0.3 is 0 Å². The molecule has 0 spiro atoms. The topological polar surface area (TPSA) is 17.1 Å². The van der Waals surface area contributed by atoms with E-state index in [-0.39, 0.29) is 11.3 Å². The van der Waals surface area contributed by atoms with E-state index in [4.69, 9.17) is 0 Å². The summed E-state index contributed by atoms with van der Waals surface area (Å²) in [5.74, 6) is 4.09. The van der Waals surface area contributed by atoms with Gasteiger partial charge in [-0.15, -0.1) is 0 Å². The molecule has 9 atom stereocenters. The van der Waals surface area contributed by atoms with E-state index >= 15 is 0 Å². The highest BCUT2D eigenvalue weighted by molar-refractivity contribution is 5.82. The molecule has 4 aliphatic carbocycles. The van der Waals surface area contributed by atoms with Crippen molar-refractivity contribution in [3.63, 3.8) is 0 Å². The maximum absolute atomic E-state index is 12.7. The number of allylic oxidation sites excluding steroid dienone is 2. The van der Waals surface area contributed by atoms with Crippen LogP contribution >= 0.6 is 0 Å². The van der Waals surface area contributed by atoms with Gasteiger partial charge in [-0.2, -0.15) is 0 Å². The number of rotatable bonds is 4. The Labute approximate surface area is 193 Å². The van der Waals surface area contributed by atoms with Gasteiger partial charge in [0, 0.05) is 12.3 Å². The molecule has 1 unspecified atom stereocenters. The largest absolute Gasteiger partial charge is 0.299 e. The van der Waals surface area contributed by atoms with Crippen LogP contribution in [0.5, 0.6) is 0 Å². The van der Waals surface area contributed by atoms with Gasteiger partial charge >= 0.3 is 0 Å². The van der Waals surface area contributed by atoms with E-state index in [2.05, 4.69) is 61.5 Å². The average Bonchev–Trinajstić information content (AvgIpc) is 2.96. The SMILES string of the molecule is CC(C)=CCC[C@@H](C)C1CC[C@]2(C)[C@H]3CC[C@@]4(C)[C@@H](CCC(=O)[C@@H]4C)[C@]3(C)CC[C@@]12C. The molecule has 0 aromatic carbocycles. The van der Waals surface area contributed by atoms with Crippen molar-refractivity contribution in [3.05, 3.63) is 11.6 Å². The van der Waals surface area contributed by atoms with Crippen LogP contribution in [-0.4, -0.2) is 5.78 Å². The molecule has 4 fully saturated rings. The van der Waals surface area contributed by atoms with Crippen LogP contribution in [0, 0.1) is 51.2 Å². The van der Waals surface area contributed by atoms with Crippen LogP contribution in [0.25, 0.3) is 0 Å². The van der Waals surface area contributed by atoms with Crippen molar-refractivity contribution in [2.45, 2.75) is 120 Å². The Morgan fingerprint density at radius 1 is 0.935 bits per heavy atom. The Hall–Kier alpha value is -0.590. The zero-order valence-corrected chi connectivity index (χ0v) is 21.9. The van der Waals surface area contributed by atoms with E-state index in [0.717, 1.165) is 36.5 Å². The van der Waals surface area contributed by atoms with Gasteiger partial charge in [0.15, 0.2) is 0 Å². The highest BCUT2D eigenvalue weighted by Gasteiger charge is 2.69. The third-order valence-electron chi connectivity index (χ3n) is 12.4. The van der Waals surface area contributed by atoms with Crippen LogP contribution in [0.1, 0.15) is 120 Å². The molecule has 1 nitrogen and oxygen atoms in total. The van der Waals surface area contributed by atoms with Crippen LogP contribution < -0.4 is 0 Å². The second-order valence-corrected chi connectivity index (χ2v) is 13.7.